The second-order valence-electron chi connectivity index (χ2n) is 9.01. The largest absolute Gasteiger partial charge is 0.480 e. The third-order valence-electron chi connectivity index (χ3n) is 6.65. The average Bonchev–Trinajstić information content (AvgIpc) is 3.29. The fourth-order valence-electron chi connectivity index (χ4n) is 4.70. The summed E-state index contributed by atoms with van der Waals surface area (Å²) in [5, 5.41) is 12.6. The van der Waals surface area contributed by atoms with Gasteiger partial charge in [-0.25, -0.2) is 4.79 Å². The second kappa shape index (κ2) is 10.9. The van der Waals surface area contributed by atoms with Crippen molar-refractivity contribution in [2.24, 2.45) is 0 Å². The maximum absolute atomic E-state index is 13.5. The van der Waals surface area contributed by atoms with Crippen LogP contribution in [0.1, 0.15) is 35.6 Å². The standard InChI is InChI=1S/C26H33N3O5/c1-28(22(19-6-4-3-5-7-19)17-29-13-12-21(30)16-29)25(31)24-11-9-20-14-18(8-10-23(20)34-24)15-27-26(32)33-2/h3-8,10,14,21-22,24,30H,9,11-13,15-17H2,1-2H3,(H,27,32)/t21-,22?,24+/m1/s1. The molecule has 0 aliphatic carbocycles. The molecule has 1 fully saturated rings. The number of amides is 2. The van der Waals surface area contributed by atoms with Crippen molar-refractivity contribution in [3.8, 4) is 5.75 Å². The van der Waals surface area contributed by atoms with E-state index in [1.54, 1.807) is 4.90 Å². The minimum Gasteiger partial charge on any atom is -0.480 e. The van der Waals surface area contributed by atoms with Crippen LogP contribution >= 0.6 is 0 Å². The summed E-state index contributed by atoms with van der Waals surface area (Å²) in [6, 6.07) is 15.7. The Labute approximate surface area is 200 Å². The second-order valence-corrected chi connectivity index (χ2v) is 9.01. The summed E-state index contributed by atoms with van der Waals surface area (Å²) >= 11 is 0. The van der Waals surface area contributed by atoms with E-state index in [1.807, 2.05) is 55.6 Å². The average molecular weight is 468 g/mol. The molecule has 0 spiro atoms. The topological polar surface area (TPSA) is 91.3 Å². The summed E-state index contributed by atoms with van der Waals surface area (Å²) in [6.45, 7) is 2.50. The summed E-state index contributed by atoms with van der Waals surface area (Å²) in [6.07, 6.45) is 0.751. The number of alkyl carbamates (subject to hydrolysis) is 1. The van der Waals surface area contributed by atoms with Gasteiger partial charge in [-0.3, -0.25) is 9.69 Å². The minimum absolute atomic E-state index is 0.0457. The normalized spacial score (nSPS) is 20.7. The molecule has 0 saturated carbocycles. The molecule has 2 heterocycles. The first-order chi connectivity index (χ1) is 16.4. The number of nitrogens with one attached hydrogen (secondary N) is 1. The number of carbonyl (C=O) groups excluding carboxylic acids is 2. The fraction of sp³-hybridized carbons (Fsp3) is 0.462. The molecular formula is C26H33N3O5. The van der Waals surface area contributed by atoms with Crippen molar-refractivity contribution in [2.75, 3.05) is 33.8 Å². The van der Waals surface area contributed by atoms with Crippen LogP contribution in [0.5, 0.6) is 5.75 Å². The molecule has 0 aromatic heterocycles. The smallest absolute Gasteiger partial charge is 0.407 e. The Hall–Kier alpha value is -3.10. The number of methoxy groups -OCH3 is 1. The van der Waals surface area contributed by atoms with Crippen molar-refractivity contribution in [1.29, 1.82) is 0 Å². The summed E-state index contributed by atoms with van der Waals surface area (Å²) in [4.78, 5) is 28.8. The van der Waals surface area contributed by atoms with Gasteiger partial charge in [0, 0.05) is 33.2 Å². The number of hydrogen-bond acceptors (Lipinski definition) is 6. The molecule has 2 aliphatic heterocycles. The zero-order valence-electron chi connectivity index (χ0n) is 19.8. The van der Waals surface area contributed by atoms with Crippen molar-refractivity contribution in [1.82, 2.24) is 15.1 Å². The Morgan fingerprint density at radius 1 is 1.24 bits per heavy atom. The van der Waals surface area contributed by atoms with E-state index in [4.69, 9.17) is 4.74 Å². The number of hydrogen-bond donors (Lipinski definition) is 2. The fourth-order valence-corrected chi connectivity index (χ4v) is 4.70. The van der Waals surface area contributed by atoms with E-state index in [0.29, 0.717) is 31.8 Å². The Morgan fingerprint density at radius 3 is 2.74 bits per heavy atom. The number of aliphatic hydroxyl groups excluding tert-OH is 1. The van der Waals surface area contributed by atoms with Gasteiger partial charge in [-0.1, -0.05) is 42.5 Å². The number of rotatable bonds is 7. The number of benzene rings is 2. The highest BCUT2D eigenvalue weighted by Gasteiger charge is 2.34. The van der Waals surface area contributed by atoms with Crippen LogP contribution in [0.4, 0.5) is 4.79 Å². The summed E-state index contributed by atoms with van der Waals surface area (Å²) in [7, 11) is 3.17. The number of β-amino-alcohol motifs (C(OH)–C–C–N with tert-alkyl or cyclic N) is 1. The lowest BCUT2D eigenvalue weighted by Crippen LogP contribution is -2.46. The quantitative estimate of drug-likeness (QED) is 0.650. The van der Waals surface area contributed by atoms with Crippen LogP contribution in [0.2, 0.25) is 0 Å². The van der Waals surface area contributed by atoms with Gasteiger partial charge in [-0.2, -0.15) is 0 Å². The first kappa shape index (κ1) is 24.0. The van der Waals surface area contributed by atoms with Gasteiger partial charge in [0.15, 0.2) is 6.10 Å². The van der Waals surface area contributed by atoms with Gasteiger partial charge >= 0.3 is 6.09 Å². The van der Waals surface area contributed by atoms with Crippen LogP contribution in [-0.4, -0.2) is 72.9 Å². The van der Waals surface area contributed by atoms with E-state index in [1.165, 1.54) is 7.11 Å². The highest BCUT2D eigenvalue weighted by Crippen LogP contribution is 2.31. The monoisotopic (exact) mass is 467 g/mol. The van der Waals surface area contributed by atoms with E-state index in [-0.39, 0.29) is 18.1 Å². The highest BCUT2D eigenvalue weighted by molar-refractivity contribution is 5.82. The Balaban J connectivity index is 1.44. The van der Waals surface area contributed by atoms with Gasteiger partial charge in [0.05, 0.1) is 19.3 Å². The highest BCUT2D eigenvalue weighted by atomic mass is 16.5. The Kier molecular flexibility index (Phi) is 7.70. The minimum atomic E-state index is -0.549. The molecule has 2 N–H and O–H groups in total. The molecule has 2 amide bonds. The van der Waals surface area contributed by atoms with Crippen LogP contribution in [0, 0.1) is 0 Å². The molecule has 1 saturated heterocycles. The summed E-state index contributed by atoms with van der Waals surface area (Å²) in [5.74, 6) is 0.662. The van der Waals surface area contributed by atoms with Gasteiger partial charge in [-0.05, 0) is 42.0 Å². The maximum Gasteiger partial charge on any atom is 0.407 e. The molecule has 2 aromatic carbocycles. The third kappa shape index (κ3) is 5.69. The number of aryl methyl sites for hydroxylation is 1. The SMILES string of the molecule is COC(=O)NCc1ccc2c(c1)CC[C@@H](C(=O)N(C)C(CN1CC[C@@H](O)C1)c1ccccc1)O2. The van der Waals surface area contributed by atoms with Gasteiger partial charge in [-0.15, -0.1) is 0 Å². The lowest BCUT2D eigenvalue weighted by molar-refractivity contribution is -0.140. The molecule has 34 heavy (non-hydrogen) atoms. The van der Waals surface area contributed by atoms with Crippen molar-refractivity contribution < 1.29 is 24.2 Å². The molecule has 8 nitrogen and oxygen atoms in total. The van der Waals surface area contributed by atoms with E-state index in [0.717, 1.165) is 36.1 Å². The Bertz CT molecular complexity index is 999. The van der Waals surface area contributed by atoms with E-state index < -0.39 is 12.2 Å². The molecule has 0 bridgehead atoms. The molecule has 2 aromatic rings. The first-order valence-electron chi connectivity index (χ1n) is 11.8. The van der Waals surface area contributed by atoms with Crippen molar-refractivity contribution in [2.45, 2.75) is 44.1 Å². The van der Waals surface area contributed by atoms with Crippen molar-refractivity contribution in [3.05, 3.63) is 65.2 Å². The summed E-state index contributed by atoms with van der Waals surface area (Å²) < 4.78 is 10.7. The number of aliphatic hydroxyl groups is 1. The van der Waals surface area contributed by atoms with Crippen LogP contribution in [0.3, 0.4) is 0 Å². The molecule has 4 rings (SSSR count). The number of carbonyl (C=O) groups is 2. The summed E-state index contributed by atoms with van der Waals surface area (Å²) in [5.41, 5.74) is 3.05. The number of fused-ring (bicyclic) bond motifs is 1. The van der Waals surface area contributed by atoms with Crippen LogP contribution in [0.15, 0.2) is 48.5 Å². The number of likely N-dealkylation sites (N-methyl/N-ethyl adjacent to an activating group) is 1. The molecule has 3 atom stereocenters. The molecular weight excluding hydrogens is 434 g/mol. The van der Waals surface area contributed by atoms with E-state index in [2.05, 4.69) is 15.0 Å². The molecule has 0 radical (unpaired) electrons. The lowest BCUT2D eigenvalue weighted by atomic mass is 9.98. The van der Waals surface area contributed by atoms with Crippen LogP contribution in [0.25, 0.3) is 0 Å². The van der Waals surface area contributed by atoms with Gasteiger partial charge < -0.3 is 24.8 Å². The van der Waals surface area contributed by atoms with Gasteiger partial charge in [0.1, 0.15) is 5.75 Å². The number of nitrogens with zero attached hydrogens (tertiary/aromatic N) is 2. The number of likely N-dealkylation sites (tertiary alicyclic amines) is 1. The van der Waals surface area contributed by atoms with Crippen LogP contribution < -0.4 is 10.1 Å². The number of ether oxygens (including phenoxy) is 2. The lowest BCUT2D eigenvalue weighted by Gasteiger charge is -2.35. The van der Waals surface area contributed by atoms with Gasteiger partial charge in [0.2, 0.25) is 0 Å². The van der Waals surface area contributed by atoms with Crippen LogP contribution in [-0.2, 0) is 22.5 Å². The zero-order valence-corrected chi connectivity index (χ0v) is 19.8. The molecule has 2 aliphatic rings. The molecule has 182 valence electrons. The van der Waals surface area contributed by atoms with E-state index >= 15 is 0 Å². The first-order valence-corrected chi connectivity index (χ1v) is 11.8. The Morgan fingerprint density at radius 2 is 2.03 bits per heavy atom. The predicted octanol–water partition coefficient (Wildman–Crippen LogP) is 2.50. The molecule has 1 unspecified atom stereocenters. The predicted molar refractivity (Wildman–Crippen MR) is 127 cm³/mol. The third-order valence-corrected chi connectivity index (χ3v) is 6.65. The van der Waals surface area contributed by atoms with E-state index in [9.17, 15) is 14.7 Å². The maximum atomic E-state index is 13.5. The molecule has 8 heteroatoms. The van der Waals surface area contributed by atoms with Crippen molar-refractivity contribution >= 4 is 12.0 Å². The van der Waals surface area contributed by atoms with Crippen molar-refractivity contribution in [3.63, 3.8) is 0 Å². The van der Waals surface area contributed by atoms with Gasteiger partial charge in [0.25, 0.3) is 5.91 Å². The zero-order chi connectivity index (χ0) is 24.1.